The number of carbonyl (C=O) groups is 2. The Morgan fingerprint density at radius 2 is 1.85 bits per heavy atom. The predicted molar refractivity (Wildman–Crippen MR) is 129 cm³/mol. The van der Waals surface area contributed by atoms with Gasteiger partial charge in [-0.3, -0.25) is 9.59 Å². The van der Waals surface area contributed by atoms with Crippen LogP contribution in [0.3, 0.4) is 0 Å². The van der Waals surface area contributed by atoms with Crippen LogP contribution in [0, 0.1) is 5.92 Å². The third-order valence-electron chi connectivity index (χ3n) is 7.22. The van der Waals surface area contributed by atoms with Crippen LogP contribution in [0.15, 0.2) is 54.6 Å². The van der Waals surface area contributed by atoms with E-state index in [2.05, 4.69) is 16.3 Å². The van der Waals surface area contributed by atoms with E-state index in [9.17, 15) is 9.59 Å². The number of likely N-dealkylation sites (N-methyl/N-ethyl adjacent to an activating group) is 1. The lowest BCUT2D eigenvalue weighted by Crippen LogP contribution is -2.50. The van der Waals surface area contributed by atoms with Crippen LogP contribution in [0.5, 0.6) is 5.75 Å². The highest BCUT2D eigenvalue weighted by molar-refractivity contribution is 5.98. The molecule has 4 unspecified atom stereocenters. The van der Waals surface area contributed by atoms with E-state index >= 15 is 0 Å². The number of nitrogens with one attached hydrogen (secondary N) is 1. The van der Waals surface area contributed by atoms with E-state index in [0.717, 1.165) is 37.0 Å². The average molecular weight is 450 g/mol. The van der Waals surface area contributed by atoms with Crippen molar-refractivity contribution in [2.75, 3.05) is 27.7 Å². The highest BCUT2D eigenvalue weighted by atomic mass is 16.5. The normalized spacial score (nSPS) is 23.2. The van der Waals surface area contributed by atoms with E-state index in [-0.39, 0.29) is 23.9 Å². The fourth-order valence-electron chi connectivity index (χ4n) is 5.48. The Balaban J connectivity index is 1.51. The zero-order valence-corrected chi connectivity index (χ0v) is 19.9. The maximum atomic E-state index is 13.5. The Hall–Kier alpha value is -2.86. The van der Waals surface area contributed by atoms with Crippen LogP contribution in [0.1, 0.15) is 54.1 Å². The van der Waals surface area contributed by atoms with Crippen molar-refractivity contribution in [1.29, 1.82) is 0 Å². The zero-order valence-electron chi connectivity index (χ0n) is 19.9. The maximum Gasteiger partial charge on any atom is 0.254 e. The number of nitrogens with zero attached hydrogens (tertiary/aromatic N) is 2. The van der Waals surface area contributed by atoms with Crippen molar-refractivity contribution in [3.63, 3.8) is 0 Å². The number of rotatable bonds is 7. The van der Waals surface area contributed by atoms with Crippen LogP contribution in [-0.2, 0) is 4.79 Å². The summed E-state index contributed by atoms with van der Waals surface area (Å²) in [5, 5.41) is 3.17. The van der Waals surface area contributed by atoms with Crippen molar-refractivity contribution in [3.05, 3.63) is 65.7 Å². The van der Waals surface area contributed by atoms with E-state index in [0.29, 0.717) is 18.0 Å². The molecule has 1 aliphatic carbocycles. The number of ether oxygens (including phenoxy) is 1. The van der Waals surface area contributed by atoms with Crippen LogP contribution in [-0.4, -0.2) is 61.4 Å². The van der Waals surface area contributed by atoms with E-state index < -0.39 is 6.04 Å². The molecule has 1 saturated heterocycles. The van der Waals surface area contributed by atoms with Gasteiger partial charge in [0.2, 0.25) is 5.91 Å². The van der Waals surface area contributed by atoms with Gasteiger partial charge in [0.25, 0.3) is 5.91 Å². The minimum Gasteiger partial charge on any atom is -0.497 e. The topological polar surface area (TPSA) is 61.9 Å². The number of benzene rings is 2. The van der Waals surface area contributed by atoms with Crippen molar-refractivity contribution in [1.82, 2.24) is 15.1 Å². The Morgan fingerprint density at radius 1 is 1.09 bits per heavy atom. The van der Waals surface area contributed by atoms with Gasteiger partial charge in [-0.25, -0.2) is 0 Å². The second-order valence-electron chi connectivity index (χ2n) is 9.44. The largest absolute Gasteiger partial charge is 0.497 e. The second-order valence-corrected chi connectivity index (χ2v) is 9.44. The molecule has 1 saturated carbocycles. The van der Waals surface area contributed by atoms with Crippen LogP contribution in [0.25, 0.3) is 0 Å². The first-order valence-corrected chi connectivity index (χ1v) is 12.0. The fraction of sp³-hybridized carbons (Fsp3) is 0.481. The monoisotopic (exact) mass is 449 g/mol. The SMILES string of the molecule is COc1cccc(C(CNC(=O)C2CC3CCCCC3N2C(=O)c2ccccc2)N(C)C)c1. The molecule has 2 fully saturated rings. The molecular formula is C27H35N3O3. The van der Waals surface area contributed by atoms with E-state index in [1.165, 1.54) is 6.42 Å². The Labute approximate surface area is 196 Å². The lowest BCUT2D eigenvalue weighted by molar-refractivity contribution is -0.125. The summed E-state index contributed by atoms with van der Waals surface area (Å²) >= 11 is 0. The Morgan fingerprint density at radius 3 is 2.58 bits per heavy atom. The number of methoxy groups -OCH3 is 1. The van der Waals surface area contributed by atoms with Crippen molar-refractivity contribution in [2.45, 2.75) is 50.2 Å². The summed E-state index contributed by atoms with van der Waals surface area (Å²) in [6.07, 6.45) is 5.13. The lowest BCUT2D eigenvalue weighted by atomic mass is 9.84. The van der Waals surface area contributed by atoms with Gasteiger partial charge in [-0.2, -0.15) is 0 Å². The molecule has 2 aromatic carbocycles. The fourth-order valence-corrected chi connectivity index (χ4v) is 5.48. The summed E-state index contributed by atoms with van der Waals surface area (Å²) in [4.78, 5) is 30.9. The molecule has 33 heavy (non-hydrogen) atoms. The first-order valence-electron chi connectivity index (χ1n) is 12.0. The highest BCUT2D eigenvalue weighted by Gasteiger charge is 2.47. The van der Waals surface area contributed by atoms with Crippen molar-refractivity contribution in [2.24, 2.45) is 5.92 Å². The van der Waals surface area contributed by atoms with E-state index in [4.69, 9.17) is 4.74 Å². The van der Waals surface area contributed by atoms with Gasteiger partial charge in [-0.1, -0.05) is 43.2 Å². The summed E-state index contributed by atoms with van der Waals surface area (Å²) in [6, 6.07) is 17.1. The van der Waals surface area contributed by atoms with Gasteiger partial charge >= 0.3 is 0 Å². The van der Waals surface area contributed by atoms with Crippen LogP contribution < -0.4 is 10.1 Å². The number of amides is 2. The Kier molecular flexibility index (Phi) is 7.33. The lowest BCUT2D eigenvalue weighted by Gasteiger charge is -2.34. The molecule has 0 aromatic heterocycles. The first-order chi connectivity index (χ1) is 16.0. The summed E-state index contributed by atoms with van der Waals surface area (Å²) in [5.41, 5.74) is 1.74. The quantitative estimate of drug-likeness (QED) is 0.697. The molecule has 0 spiro atoms. The molecular weight excluding hydrogens is 414 g/mol. The summed E-state index contributed by atoms with van der Waals surface area (Å²) < 4.78 is 5.38. The van der Waals surface area contributed by atoms with Crippen molar-refractivity contribution < 1.29 is 14.3 Å². The predicted octanol–water partition coefficient (Wildman–Crippen LogP) is 3.89. The molecule has 2 amide bonds. The molecule has 1 aliphatic heterocycles. The minimum absolute atomic E-state index is 0.00556. The van der Waals surface area contributed by atoms with Gasteiger partial charge in [0.15, 0.2) is 0 Å². The molecule has 2 aromatic rings. The van der Waals surface area contributed by atoms with Crippen molar-refractivity contribution in [3.8, 4) is 5.75 Å². The van der Waals surface area contributed by atoms with Crippen LogP contribution in [0.2, 0.25) is 0 Å². The van der Waals surface area contributed by atoms with Gasteiger partial charge in [0.1, 0.15) is 11.8 Å². The number of hydrogen-bond donors (Lipinski definition) is 1. The molecule has 6 nitrogen and oxygen atoms in total. The molecule has 0 bridgehead atoms. The third kappa shape index (κ3) is 5.06. The summed E-state index contributed by atoms with van der Waals surface area (Å²) in [5.74, 6) is 1.13. The molecule has 176 valence electrons. The smallest absolute Gasteiger partial charge is 0.254 e. The third-order valence-corrected chi connectivity index (χ3v) is 7.22. The molecule has 1 heterocycles. The standard InChI is InChI=1S/C27H35N3O3/c1-29(2)25(20-13-9-14-22(16-20)33-3)18-28-26(31)24-17-21-12-7-8-15-23(21)30(24)27(32)19-10-5-4-6-11-19/h4-6,9-11,13-14,16,21,23-25H,7-8,12,15,17-18H2,1-3H3,(H,28,31). The Bertz CT molecular complexity index is 962. The van der Waals surface area contributed by atoms with Gasteiger partial charge in [0.05, 0.1) is 13.2 Å². The molecule has 0 radical (unpaired) electrons. The zero-order chi connectivity index (χ0) is 23.4. The van der Waals surface area contributed by atoms with Crippen LogP contribution >= 0.6 is 0 Å². The van der Waals surface area contributed by atoms with E-state index in [1.807, 2.05) is 67.5 Å². The number of hydrogen-bond acceptors (Lipinski definition) is 4. The highest BCUT2D eigenvalue weighted by Crippen LogP contribution is 2.40. The van der Waals surface area contributed by atoms with E-state index in [1.54, 1.807) is 7.11 Å². The van der Waals surface area contributed by atoms with Gasteiger partial charge in [-0.15, -0.1) is 0 Å². The molecule has 6 heteroatoms. The van der Waals surface area contributed by atoms with Crippen LogP contribution in [0.4, 0.5) is 0 Å². The summed E-state index contributed by atoms with van der Waals surface area (Å²) in [6.45, 7) is 0.470. The van der Waals surface area contributed by atoms with Gasteiger partial charge in [0, 0.05) is 18.2 Å². The molecule has 4 rings (SSSR count). The maximum absolute atomic E-state index is 13.5. The minimum atomic E-state index is -0.418. The van der Waals surface area contributed by atoms with Gasteiger partial charge in [-0.05, 0) is 69.1 Å². The van der Waals surface area contributed by atoms with Crippen molar-refractivity contribution >= 4 is 11.8 Å². The number of carbonyl (C=O) groups excluding carboxylic acids is 2. The average Bonchev–Trinajstić information content (AvgIpc) is 3.24. The van der Waals surface area contributed by atoms with Gasteiger partial charge < -0.3 is 19.9 Å². The first kappa shape index (κ1) is 23.3. The molecule has 2 aliphatic rings. The number of likely N-dealkylation sites (tertiary alicyclic amines) is 1. The second kappa shape index (κ2) is 10.4. The summed E-state index contributed by atoms with van der Waals surface area (Å²) in [7, 11) is 5.67. The molecule has 4 atom stereocenters. The number of fused-ring (bicyclic) bond motifs is 1. The molecule has 1 N–H and O–H groups in total.